The number of ether oxygens (including phenoxy) is 2. The third-order valence-electron chi connectivity index (χ3n) is 7.07. The number of aromatic nitrogens is 3. The lowest BCUT2D eigenvalue weighted by Crippen LogP contribution is -2.37. The van der Waals surface area contributed by atoms with E-state index in [1.165, 1.54) is 17.5 Å². The monoisotopic (exact) mass is 535 g/mol. The maximum atomic E-state index is 13.5. The van der Waals surface area contributed by atoms with Gasteiger partial charge in [0, 0.05) is 44.2 Å². The number of likely N-dealkylation sites (tertiary alicyclic amines) is 1. The average Bonchev–Trinajstić information content (AvgIpc) is 3.54. The number of pyridine rings is 1. The van der Waals surface area contributed by atoms with Crippen molar-refractivity contribution >= 4 is 55.4 Å². The first kappa shape index (κ1) is 24.6. The molecule has 10 nitrogen and oxygen atoms in total. The Bertz CT molecular complexity index is 1640. The molecular formula is C27H29N5O5S. The third kappa shape index (κ3) is 4.05. The molecule has 38 heavy (non-hydrogen) atoms. The highest BCUT2D eigenvalue weighted by Crippen LogP contribution is 2.35. The number of thiazole rings is 1. The van der Waals surface area contributed by atoms with E-state index in [1.807, 2.05) is 49.4 Å². The zero-order valence-electron chi connectivity index (χ0n) is 21.8. The molecule has 0 aliphatic carbocycles. The van der Waals surface area contributed by atoms with Crippen molar-refractivity contribution in [2.45, 2.75) is 33.3 Å². The SMILES string of the molecule is CCOC(=O)c1c(=O)c2cnc(N3CC4CN(C(=O)OC(C)(C)C)CC4C3)nc2n2c1sc1ccccc12. The number of rotatable bonds is 3. The van der Waals surface area contributed by atoms with Crippen LogP contribution in [0, 0.1) is 11.8 Å². The van der Waals surface area contributed by atoms with Crippen LogP contribution >= 0.6 is 11.3 Å². The smallest absolute Gasteiger partial charge is 0.410 e. The second kappa shape index (κ2) is 8.93. The topological polar surface area (TPSA) is 106 Å². The molecule has 2 unspecified atom stereocenters. The maximum absolute atomic E-state index is 13.5. The number of para-hydroxylation sites is 1. The summed E-state index contributed by atoms with van der Waals surface area (Å²) < 4.78 is 13.6. The predicted molar refractivity (Wildman–Crippen MR) is 145 cm³/mol. The molecule has 2 saturated heterocycles. The predicted octanol–water partition coefficient (Wildman–Crippen LogP) is 3.94. The molecule has 0 radical (unpaired) electrons. The van der Waals surface area contributed by atoms with Gasteiger partial charge in [0.1, 0.15) is 16.0 Å². The van der Waals surface area contributed by atoms with Gasteiger partial charge in [0.05, 0.1) is 22.2 Å². The Hall–Kier alpha value is -3.73. The van der Waals surface area contributed by atoms with E-state index in [2.05, 4.69) is 9.88 Å². The van der Waals surface area contributed by atoms with E-state index in [4.69, 9.17) is 14.5 Å². The van der Waals surface area contributed by atoms with Crippen LogP contribution in [0.1, 0.15) is 38.1 Å². The van der Waals surface area contributed by atoms with Crippen molar-refractivity contribution in [3.63, 3.8) is 0 Å². The molecule has 1 aromatic carbocycles. The van der Waals surface area contributed by atoms with Crippen LogP contribution in [0.2, 0.25) is 0 Å². The number of anilines is 1. The summed E-state index contributed by atoms with van der Waals surface area (Å²) in [7, 11) is 0. The fourth-order valence-corrected chi connectivity index (χ4v) is 6.63. The van der Waals surface area contributed by atoms with Gasteiger partial charge < -0.3 is 19.3 Å². The van der Waals surface area contributed by atoms with Crippen LogP contribution in [0.25, 0.3) is 26.1 Å². The molecule has 11 heteroatoms. The molecule has 0 saturated carbocycles. The highest BCUT2D eigenvalue weighted by molar-refractivity contribution is 7.24. The third-order valence-corrected chi connectivity index (χ3v) is 8.21. The molecule has 2 aliphatic rings. The van der Waals surface area contributed by atoms with Gasteiger partial charge in [0.2, 0.25) is 11.4 Å². The van der Waals surface area contributed by atoms with E-state index in [0.29, 0.717) is 42.6 Å². The summed E-state index contributed by atoms with van der Waals surface area (Å²) >= 11 is 1.37. The van der Waals surface area contributed by atoms with E-state index in [0.717, 1.165) is 10.2 Å². The Morgan fingerprint density at radius 2 is 1.82 bits per heavy atom. The minimum absolute atomic E-state index is 0.00911. The molecular weight excluding hydrogens is 506 g/mol. The van der Waals surface area contributed by atoms with E-state index in [-0.39, 0.29) is 35.5 Å². The highest BCUT2D eigenvalue weighted by atomic mass is 32.1. The van der Waals surface area contributed by atoms with E-state index >= 15 is 0 Å². The van der Waals surface area contributed by atoms with Crippen molar-refractivity contribution in [3.8, 4) is 0 Å². The Labute approximate surface area is 222 Å². The number of carbonyl (C=O) groups is 2. The van der Waals surface area contributed by atoms with Crippen molar-refractivity contribution in [1.29, 1.82) is 0 Å². The molecule has 0 bridgehead atoms. The first-order chi connectivity index (χ1) is 18.1. The second-order valence-corrected chi connectivity index (χ2v) is 11.9. The van der Waals surface area contributed by atoms with E-state index in [9.17, 15) is 14.4 Å². The lowest BCUT2D eigenvalue weighted by molar-refractivity contribution is 0.0282. The molecule has 3 aromatic heterocycles. The quantitative estimate of drug-likeness (QED) is 0.363. The van der Waals surface area contributed by atoms with Crippen molar-refractivity contribution in [3.05, 3.63) is 46.2 Å². The molecule has 0 N–H and O–H groups in total. The zero-order valence-corrected chi connectivity index (χ0v) is 22.6. The molecule has 198 valence electrons. The Morgan fingerprint density at radius 3 is 2.50 bits per heavy atom. The molecule has 4 aromatic rings. The Morgan fingerprint density at radius 1 is 1.11 bits per heavy atom. The minimum Gasteiger partial charge on any atom is -0.462 e. The van der Waals surface area contributed by atoms with Crippen molar-refractivity contribution in [1.82, 2.24) is 19.3 Å². The fourth-order valence-electron chi connectivity index (χ4n) is 5.45. The molecule has 0 spiro atoms. The molecule has 6 rings (SSSR count). The number of hydrogen-bond donors (Lipinski definition) is 0. The number of carbonyl (C=O) groups excluding carboxylic acids is 2. The summed E-state index contributed by atoms with van der Waals surface area (Å²) in [6.45, 7) is 10.2. The first-order valence-electron chi connectivity index (χ1n) is 12.8. The fraction of sp³-hybridized carbons (Fsp3) is 0.444. The summed E-state index contributed by atoms with van der Waals surface area (Å²) in [6.07, 6.45) is 1.24. The van der Waals surface area contributed by atoms with E-state index < -0.39 is 17.0 Å². The summed E-state index contributed by atoms with van der Waals surface area (Å²) in [5.74, 6) is 0.466. The lowest BCUT2D eigenvalue weighted by Gasteiger charge is -2.26. The van der Waals surface area contributed by atoms with Crippen LogP contribution in [0.15, 0.2) is 35.3 Å². The van der Waals surface area contributed by atoms with Gasteiger partial charge in [-0.3, -0.25) is 9.20 Å². The summed E-state index contributed by atoms with van der Waals surface area (Å²) in [5.41, 5.74) is 0.381. The molecule has 2 aliphatic heterocycles. The van der Waals surface area contributed by atoms with Crippen LogP contribution in [-0.2, 0) is 9.47 Å². The zero-order chi connectivity index (χ0) is 26.8. The molecule has 1 amide bonds. The normalized spacial score (nSPS) is 19.5. The largest absolute Gasteiger partial charge is 0.462 e. The number of amides is 1. The van der Waals surface area contributed by atoms with Gasteiger partial charge in [0.15, 0.2) is 5.65 Å². The molecule has 5 heterocycles. The van der Waals surface area contributed by atoms with Crippen molar-refractivity contribution in [2.75, 3.05) is 37.7 Å². The van der Waals surface area contributed by atoms with Crippen LogP contribution in [0.3, 0.4) is 0 Å². The van der Waals surface area contributed by atoms with Crippen LogP contribution in [0.4, 0.5) is 10.7 Å². The minimum atomic E-state index is -0.644. The lowest BCUT2D eigenvalue weighted by atomic mass is 10.0. The number of esters is 1. The Kier molecular flexibility index (Phi) is 5.78. The maximum Gasteiger partial charge on any atom is 0.410 e. The number of benzene rings is 1. The van der Waals surface area contributed by atoms with Gasteiger partial charge in [-0.2, -0.15) is 4.98 Å². The number of fused-ring (bicyclic) bond motifs is 6. The van der Waals surface area contributed by atoms with Gasteiger partial charge in [-0.1, -0.05) is 12.1 Å². The van der Waals surface area contributed by atoms with Crippen LogP contribution < -0.4 is 10.3 Å². The van der Waals surface area contributed by atoms with Gasteiger partial charge in [-0.15, -0.1) is 11.3 Å². The summed E-state index contributed by atoms with van der Waals surface area (Å²) in [4.78, 5) is 52.7. The summed E-state index contributed by atoms with van der Waals surface area (Å²) in [5, 5.41) is 0.272. The van der Waals surface area contributed by atoms with Crippen molar-refractivity contribution < 1.29 is 19.1 Å². The standard InChI is InChI=1S/C27H29N5O5S/c1-5-36-24(34)20-21(33)17-10-28-25(29-22(17)32-18-8-6-7-9-19(18)38-23(20)32)30-11-15-13-31(14-16(15)12-30)26(35)37-27(2,3)4/h6-10,15-16H,5,11-14H2,1-4H3. The average molecular weight is 536 g/mol. The van der Waals surface area contributed by atoms with Gasteiger partial charge >= 0.3 is 12.1 Å². The molecule has 2 fully saturated rings. The highest BCUT2D eigenvalue weighted by Gasteiger charge is 2.43. The van der Waals surface area contributed by atoms with Gasteiger partial charge in [-0.25, -0.2) is 14.6 Å². The van der Waals surface area contributed by atoms with Gasteiger partial charge in [0.25, 0.3) is 0 Å². The number of nitrogens with zero attached hydrogens (tertiary/aromatic N) is 5. The van der Waals surface area contributed by atoms with Gasteiger partial charge in [-0.05, 0) is 39.8 Å². The Balaban J connectivity index is 1.37. The summed E-state index contributed by atoms with van der Waals surface area (Å²) in [6, 6.07) is 7.75. The van der Waals surface area contributed by atoms with Crippen LogP contribution in [0.5, 0.6) is 0 Å². The second-order valence-electron chi connectivity index (χ2n) is 10.9. The van der Waals surface area contributed by atoms with E-state index in [1.54, 1.807) is 11.8 Å². The molecule has 2 atom stereocenters. The van der Waals surface area contributed by atoms with Crippen molar-refractivity contribution in [2.24, 2.45) is 11.8 Å². The number of hydrogen-bond acceptors (Lipinski definition) is 9. The van der Waals surface area contributed by atoms with Crippen LogP contribution in [-0.4, -0.2) is 69.7 Å². The first-order valence-corrected chi connectivity index (χ1v) is 13.6.